The summed E-state index contributed by atoms with van der Waals surface area (Å²) in [6, 6.07) is 4.09. The monoisotopic (exact) mass is 232 g/mol. The van der Waals surface area contributed by atoms with Crippen molar-refractivity contribution < 1.29 is 14.3 Å². The first-order valence-corrected chi connectivity index (χ1v) is 5.90. The molecule has 2 atom stereocenters. The van der Waals surface area contributed by atoms with E-state index in [1.54, 1.807) is 13.8 Å². The predicted octanol–water partition coefficient (Wildman–Crippen LogP) is 2.48. The van der Waals surface area contributed by atoms with Crippen molar-refractivity contribution in [3.63, 3.8) is 0 Å². The van der Waals surface area contributed by atoms with Gasteiger partial charge >= 0.3 is 0 Å². The molecule has 1 aromatic rings. The maximum absolute atomic E-state index is 12.1. The Labute approximate surface area is 101 Å². The highest BCUT2D eigenvalue weighted by molar-refractivity contribution is 5.94. The van der Waals surface area contributed by atoms with Crippen LogP contribution in [-0.4, -0.2) is 17.5 Å². The summed E-state index contributed by atoms with van der Waals surface area (Å²) < 4.78 is 11.4. The fourth-order valence-electron chi connectivity index (χ4n) is 2.59. The highest BCUT2D eigenvalue weighted by Gasteiger charge is 2.55. The topological polar surface area (TPSA) is 38.8 Å². The smallest absolute Gasteiger partial charge is 0.207 e. The third-order valence-electron chi connectivity index (χ3n) is 3.49. The van der Waals surface area contributed by atoms with Crippen molar-refractivity contribution in [2.45, 2.75) is 45.5 Å². The molecule has 0 amide bonds. The van der Waals surface area contributed by atoms with Gasteiger partial charge in [0.15, 0.2) is 11.7 Å². The summed E-state index contributed by atoms with van der Waals surface area (Å²) in [5, 5.41) is 0. The summed E-state index contributed by atoms with van der Waals surface area (Å²) in [4.78, 5) is 12.1. The van der Waals surface area contributed by atoms with Gasteiger partial charge in [-0.3, -0.25) is 4.79 Å². The first kappa shape index (κ1) is 10.8. The van der Waals surface area contributed by atoms with Gasteiger partial charge in [-0.2, -0.15) is 0 Å². The van der Waals surface area contributed by atoms with E-state index in [9.17, 15) is 4.79 Å². The van der Waals surface area contributed by atoms with E-state index in [1.165, 1.54) is 0 Å². The Kier molecular flexibility index (Phi) is 1.97. The molecule has 2 heterocycles. The van der Waals surface area contributed by atoms with Gasteiger partial charge in [0, 0.05) is 5.56 Å². The van der Waals surface area contributed by atoms with Gasteiger partial charge in [0.25, 0.3) is 0 Å². The first-order valence-electron chi connectivity index (χ1n) is 5.90. The van der Waals surface area contributed by atoms with Crippen LogP contribution in [0.3, 0.4) is 0 Å². The lowest BCUT2D eigenvalue weighted by Gasteiger charge is -2.24. The zero-order valence-corrected chi connectivity index (χ0v) is 10.5. The Hall–Kier alpha value is -1.35. The maximum atomic E-state index is 12.1. The quantitative estimate of drug-likeness (QED) is 0.645. The number of carbonyl (C=O) groups is 1. The molecule has 0 aromatic heterocycles. The van der Waals surface area contributed by atoms with Gasteiger partial charge < -0.3 is 9.47 Å². The zero-order valence-electron chi connectivity index (χ0n) is 10.5. The van der Waals surface area contributed by atoms with Gasteiger partial charge in [0.2, 0.25) is 5.78 Å². The highest BCUT2D eigenvalue weighted by atomic mass is 16.6. The molecule has 0 N–H and O–H groups in total. The Morgan fingerprint density at radius 2 is 1.88 bits per heavy atom. The number of hydrogen-bond acceptors (Lipinski definition) is 3. The van der Waals surface area contributed by atoms with Crippen LogP contribution in [0.15, 0.2) is 12.1 Å². The number of hydrogen-bond donors (Lipinski definition) is 0. The van der Waals surface area contributed by atoms with Crippen molar-refractivity contribution in [3.05, 3.63) is 28.8 Å². The van der Waals surface area contributed by atoms with E-state index in [-0.39, 0.29) is 18.0 Å². The lowest BCUT2D eigenvalue weighted by molar-refractivity contribution is -0.133. The van der Waals surface area contributed by atoms with Crippen molar-refractivity contribution in [2.75, 3.05) is 0 Å². The lowest BCUT2D eigenvalue weighted by Crippen LogP contribution is -2.40. The van der Waals surface area contributed by atoms with Crippen LogP contribution >= 0.6 is 0 Å². The van der Waals surface area contributed by atoms with Crippen LogP contribution in [0.4, 0.5) is 0 Å². The highest BCUT2D eigenvalue weighted by Crippen LogP contribution is 2.50. The molecule has 3 heteroatoms. The summed E-state index contributed by atoms with van der Waals surface area (Å²) in [5.41, 5.74) is 2.52. The van der Waals surface area contributed by atoms with Crippen LogP contribution in [0.1, 0.15) is 36.6 Å². The van der Waals surface area contributed by atoms with E-state index in [1.807, 2.05) is 19.9 Å². The number of Topliss-reactive ketones (excluding diaryl/α,β-unsaturated/α-hetero) is 1. The molecular formula is C14H16O3. The van der Waals surface area contributed by atoms with Crippen LogP contribution in [0.2, 0.25) is 0 Å². The molecule has 3 rings (SSSR count). The Balaban J connectivity index is 2.18. The average Bonchev–Trinajstić information content (AvgIpc) is 2.93. The molecule has 3 nitrogen and oxygen atoms in total. The SMILES string of the molecule is Cc1cc(C)c2c(c1)OC(C)(C)C(=O)C1OC21. The number of aryl methyl sites for hydroxylation is 2. The molecule has 0 radical (unpaired) electrons. The minimum atomic E-state index is -0.801. The number of epoxide rings is 1. The van der Waals surface area contributed by atoms with Crippen LogP contribution in [0.5, 0.6) is 5.75 Å². The first-order chi connectivity index (χ1) is 7.90. The van der Waals surface area contributed by atoms with Gasteiger partial charge in [-0.15, -0.1) is 0 Å². The second kappa shape index (κ2) is 3.10. The summed E-state index contributed by atoms with van der Waals surface area (Å²) in [5.74, 6) is 0.835. The van der Waals surface area contributed by atoms with Gasteiger partial charge in [-0.05, 0) is 44.9 Å². The van der Waals surface area contributed by atoms with Gasteiger partial charge in [0.05, 0.1) is 0 Å². The normalized spacial score (nSPS) is 28.8. The fourth-order valence-corrected chi connectivity index (χ4v) is 2.59. The third kappa shape index (κ3) is 1.49. The minimum Gasteiger partial charge on any atom is -0.480 e. The van der Waals surface area contributed by atoms with E-state index in [4.69, 9.17) is 9.47 Å². The van der Waals surface area contributed by atoms with Crippen molar-refractivity contribution in [2.24, 2.45) is 0 Å². The predicted molar refractivity (Wildman–Crippen MR) is 63.2 cm³/mol. The van der Waals surface area contributed by atoms with Crippen molar-refractivity contribution in [3.8, 4) is 5.75 Å². The van der Waals surface area contributed by atoms with Gasteiger partial charge in [-0.25, -0.2) is 0 Å². The van der Waals surface area contributed by atoms with Crippen LogP contribution in [0, 0.1) is 13.8 Å². The van der Waals surface area contributed by atoms with E-state index in [0.29, 0.717) is 0 Å². The van der Waals surface area contributed by atoms with Crippen LogP contribution in [0.25, 0.3) is 0 Å². The average molecular weight is 232 g/mol. The third-order valence-corrected chi connectivity index (χ3v) is 3.49. The lowest BCUT2D eigenvalue weighted by atomic mass is 9.97. The second-order valence-electron chi connectivity index (χ2n) is 5.45. The molecule has 1 aromatic carbocycles. The summed E-state index contributed by atoms with van der Waals surface area (Å²) in [7, 11) is 0. The van der Waals surface area contributed by atoms with Gasteiger partial charge in [0.1, 0.15) is 11.9 Å². The number of benzene rings is 1. The summed E-state index contributed by atoms with van der Waals surface area (Å²) in [6.45, 7) is 7.68. The molecule has 90 valence electrons. The molecule has 1 fully saturated rings. The molecule has 0 aliphatic carbocycles. The fraction of sp³-hybridized carbons (Fsp3) is 0.500. The molecule has 2 aliphatic rings. The second-order valence-corrected chi connectivity index (χ2v) is 5.45. The maximum Gasteiger partial charge on any atom is 0.207 e. The molecule has 0 saturated carbocycles. The summed E-state index contributed by atoms with van der Waals surface area (Å²) >= 11 is 0. The van der Waals surface area contributed by atoms with E-state index in [0.717, 1.165) is 22.4 Å². The molecule has 0 spiro atoms. The standard InChI is InChI=1S/C14H16O3/c1-7-5-8(2)10-9(6-7)17-14(3,4)13(15)12-11(10)16-12/h5-6,11-12H,1-4H3. The molecule has 0 bridgehead atoms. The molecule has 2 unspecified atom stereocenters. The largest absolute Gasteiger partial charge is 0.480 e. The Bertz CT molecular complexity index is 516. The van der Waals surface area contributed by atoms with E-state index >= 15 is 0 Å². The molecular weight excluding hydrogens is 216 g/mol. The van der Waals surface area contributed by atoms with Crippen molar-refractivity contribution in [1.82, 2.24) is 0 Å². The molecule has 17 heavy (non-hydrogen) atoms. The minimum absolute atomic E-state index is 0.0377. The zero-order chi connectivity index (χ0) is 12.4. The van der Waals surface area contributed by atoms with Crippen LogP contribution in [-0.2, 0) is 9.53 Å². The number of fused-ring (bicyclic) bond motifs is 3. The number of carbonyl (C=O) groups excluding carboxylic acids is 1. The Morgan fingerprint density at radius 1 is 1.18 bits per heavy atom. The van der Waals surface area contributed by atoms with Crippen LogP contribution < -0.4 is 4.74 Å². The molecule has 1 saturated heterocycles. The van der Waals surface area contributed by atoms with Gasteiger partial charge in [-0.1, -0.05) is 6.07 Å². The van der Waals surface area contributed by atoms with E-state index < -0.39 is 5.60 Å². The Morgan fingerprint density at radius 3 is 2.59 bits per heavy atom. The van der Waals surface area contributed by atoms with E-state index in [2.05, 4.69) is 6.07 Å². The van der Waals surface area contributed by atoms with Crippen molar-refractivity contribution in [1.29, 1.82) is 0 Å². The van der Waals surface area contributed by atoms with Crippen molar-refractivity contribution >= 4 is 5.78 Å². The number of rotatable bonds is 0. The summed E-state index contributed by atoms with van der Waals surface area (Å²) in [6.07, 6.45) is -0.410. The number of ether oxygens (including phenoxy) is 2. The number of ketones is 1. The molecule has 2 aliphatic heterocycles.